The molecule has 0 aromatic heterocycles. The number of anilines is 1. The van der Waals surface area contributed by atoms with E-state index >= 15 is 0 Å². The number of hydrogen-bond acceptors (Lipinski definition) is 7. The molecule has 9 heteroatoms. The Balaban J connectivity index is 0. The van der Waals surface area contributed by atoms with E-state index in [1.54, 1.807) is 24.3 Å². The average molecular weight is 449 g/mol. The number of methoxy groups -OCH3 is 4. The third-order valence-electron chi connectivity index (χ3n) is 3.10. The number of nitrogens with zero attached hydrogens (tertiary/aromatic N) is 1. The second-order valence-electron chi connectivity index (χ2n) is 4.56. The van der Waals surface area contributed by atoms with Gasteiger partial charge in [-0.15, -0.1) is 0 Å². The van der Waals surface area contributed by atoms with E-state index in [0.29, 0.717) is 43.6 Å². The highest BCUT2D eigenvalue weighted by Crippen LogP contribution is 2.37. The molecule has 0 spiro atoms. The van der Waals surface area contributed by atoms with Crippen LogP contribution in [-0.4, -0.2) is 28.4 Å². The summed E-state index contributed by atoms with van der Waals surface area (Å²) in [7, 11) is 6.12. The zero-order chi connectivity index (χ0) is 19.7. The van der Waals surface area contributed by atoms with Crippen LogP contribution in [0, 0.1) is 10.7 Å². The summed E-state index contributed by atoms with van der Waals surface area (Å²) < 4.78 is 20.0. The quantitative estimate of drug-likeness (QED) is 0.333. The molecule has 28 heavy (non-hydrogen) atoms. The Morgan fingerprint density at radius 3 is 1.64 bits per heavy atom. The molecule has 0 bridgehead atoms. The van der Waals surface area contributed by atoms with E-state index in [4.69, 9.17) is 53.1 Å². The Kier molecular flexibility index (Phi) is 14.0. The van der Waals surface area contributed by atoms with E-state index in [-0.39, 0.29) is 14.9 Å². The predicted molar refractivity (Wildman–Crippen MR) is 118 cm³/mol. The topological polar surface area (TPSA) is 86.7 Å². The van der Waals surface area contributed by atoms with E-state index < -0.39 is 0 Å². The molecule has 0 heterocycles. The summed E-state index contributed by atoms with van der Waals surface area (Å²) in [5.74, 6) is 2.21. The van der Waals surface area contributed by atoms with E-state index in [2.05, 4.69) is 0 Å². The lowest BCUT2D eigenvalue weighted by Gasteiger charge is -2.08. The van der Waals surface area contributed by atoms with Gasteiger partial charge in [-0.25, -0.2) is 0 Å². The van der Waals surface area contributed by atoms with Crippen LogP contribution in [0.5, 0.6) is 23.0 Å². The van der Waals surface area contributed by atoms with Crippen molar-refractivity contribution in [1.29, 1.82) is 5.26 Å². The maximum atomic E-state index is 8.56. The van der Waals surface area contributed by atoms with Gasteiger partial charge >= 0.3 is 0 Å². The van der Waals surface area contributed by atoms with Crippen molar-refractivity contribution in [3.63, 3.8) is 0 Å². The summed E-state index contributed by atoms with van der Waals surface area (Å²) in [6.45, 7) is 0. The van der Waals surface area contributed by atoms with Crippen molar-refractivity contribution in [3.8, 4) is 28.4 Å². The highest BCUT2D eigenvalue weighted by molar-refractivity contribution is 8.03. The normalized spacial score (nSPS) is 8.75. The average Bonchev–Trinajstić information content (AvgIpc) is 2.64. The van der Waals surface area contributed by atoms with Gasteiger partial charge in [0, 0.05) is 24.3 Å². The number of benzene rings is 2. The number of nitrogens with two attached hydrogens (primary N) is 1. The molecule has 2 N–H and O–H groups in total. The lowest BCUT2D eigenvalue weighted by molar-refractivity contribution is 0.394. The summed E-state index contributed by atoms with van der Waals surface area (Å²) >= 11 is 12.7. The first kappa shape index (κ1) is 28.1. The maximum Gasteiger partial charge on any atom is 0.143 e. The highest BCUT2D eigenvalue weighted by atomic mass is 35.5. The van der Waals surface area contributed by atoms with Crippen molar-refractivity contribution < 1.29 is 18.9 Å². The summed E-state index contributed by atoms with van der Waals surface area (Å²) in [4.78, 5) is 0.691. The molecule has 0 radical (unpaired) electrons. The van der Waals surface area contributed by atoms with Crippen LogP contribution in [-0.2, 0) is 0 Å². The zero-order valence-electron chi connectivity index (χ0n) is 14.6. The number of nitriles is 1. The van der Waals surface area contributed by atoms with Crippen molar-refractivity contribution in [2.45, 2.75) is 19.7 Å². The van der Waals surface area contributed by atoms with E-state index in [1.807, 2.05) is 5.40 Å². The number of thioether (sulfide) groups is 1. The molecule has 2 aromatic rings. The van der Waals surface area contributed by atoms with Gasteiger partial charge in [0.1, 0.15) is 28.4 Å². The fraction of sp³-hybridized carbons (Fsp3) is 0.316. The molecule has 0 fully saturated rings. The maximum absolute atomic E-state index is 8.56. The molecule has 2 aromatic carbocycles. The minimum atomic E-state index is 0. The molecule has 156 valence electrons. The number of thiocyanates is 1. The van der Waals surface area contributed by atoms with Crippen molar-refractivity contribution in [3.05, 3.63) is 34.3 Å². The van der Waals surface area contributed by atoms with Crippen molar-refractivity contribution in [1.82, 2.24) is 0 Å². The monoisotopic (exact) mass is 448 g/mol. The van der Waals surface area contributed by atoms with Crippen LogP contribution in [0.2, 0.25) is 10.0 Å². The smallest absolute Gasteiger partial charge is 0.143 e. The highest BCUT2D eigenvalue weighted by Gasteiger charge is 2.10. The van der Waals surface area contributed by atoms with E-state index in [9.17, 15) is 0 Å². The van der Waals surface area contributed by atoms with Crippen molar-refractivity contribution >= 4 is 40.7 Å². The molecule has 0 unspecified atom stereocenters. The minimum absolute atomic E-state index is 0. The fourth-order valence-electron chi connectivity index (χ4n) is 1.85. The Bertz CT molecular complexity index is 769. The SMILES string of the molecule is C.C.COc1cc(Cl)c(OC)cc1N.COc1cc(SC#N)c(OC)cc1Cl. The molecular formula is C19H26Cl2N2O4S. The third-order valence-corrected chi connectivity index (χ3v) is 4.32. The molecular weight excluding hydrogens is 423 g/mol. The molecule has 0 amide bonds. The minimum Gasteiger partial charge on any atom is -0.495 e. The van der Waals surface area contributed by atoms with Gasteiger partial charge in [0.15, 0.2) is 0 Å². The van der Waals surface area contributed by atoms with Crippen LogP contribution in [0.3, 0.4) is 0 Å². The van der Waals surface area contributed by atoms with Crippen molar-refractivity contribution in [2.75, 3.05) is 34.2 Å². The standard InChI is InChI=1S/C9H8ClNO2S.C8H10ClNO2.2CH4/c1-12-7-4-9(14-5-11)8(13-2)3-6(7)10;1-11-7-4-6(10)8(12-2)3-5(7)9;;/h3-4H,1-2H3;3-4H,10H2,1-2H3;2*1H4. The summed E-state index contributed by atoms with van der Waals surface area (Å²) in [6.07, 6.45) is 0. The zero-order valence-corrected chi connectivity index (χ0v) is 17.0. The largest absolute Gasteiger partial charge is 0.495 e. The van der Waals surface area contributed by atoms with Gasteiger partial charge in [-0.3, -0.25) is 0 Å². The first-order valence-electron chi connectivity index (χ1n) is 7.06. The van der Waals surface area contributed by atoms with Crippen LogP contribution in [0.15, 0.2) is 29.2 Å². The molecule has 0 saturated carbocycles. The number of nitrogen functional groups attached to an aromatic ring is 1. The van der Waals surface area contributed by atoms with Gasteiger partial charge in [0.25, 0.3) is 0 Å². The van der Waals surface area contributed by atoms with Gasteiger partial charge in [-0.1, -0.05) is 38.1 Å². The Morgan fingerprint density at radius 1 is 0.786 bits per heavy atom. The number of rotatable bonds is 5. The Morgan fingerprint density at radius 2 is 1.21 bits per heavy atom. The summed E-state index contributed by atoms with van der Waals surface area (Å²) in [6, 6.07) is 6.55. The van der Waals surface area contributed by atoms with Crippen LogP contribution < -0.4 is 24.7 Å². The Labute approximate surface area is 181 Å². The number of halogens is 2. The van der Waals surface area contributed by atoms with Gasteiger partial charge in [0.05, 0.1) is 49.1 Å². The van der Waals surface area contributed by atoms with Gasteiger partial charge in [-0.2, -0.15) is 5.26 Å². The van der Waals surface area contributed by atoms with E-state index in [1.165, 1.54) is 28.4 Å². The first-order chi connectivity index (χ1) is 12.4. The number of ether oxygens (including phenoxy) is 4. The molecule has 6 nitrogen and oxygen atoms in total. The van der Waals surface area contributed by atoms with Crippen molar-refractivity contribution in [2.24, 2.45) is 0 Å². The molecule has 0 aliphatic heterocycles. The van der Waals surface area contributed by atoms with Gasteiger partial charge < -0.3 is 24.7 Å². The second-order valence-corrected chi connectivity index (χ2v) is 6.20. The molecule has 0 aliphatic rings. The molecule has 0 saturated heterocycles. The number of hydrogen-bond donors (Lipinski definition) is 1. The van der Waals surface area contributed by atoms with Gasteiger partial charge in [0.2, 0.25) is 0 Å². The predicted octanol–water partition coefficient (Wildman–Crippen LogP) is 6.14. The molecule has 2 rings (SSSR count). The fourth-order valence-corrected chi connectivity index (χ4v) is 2.81. The van der Waals surface area contributed by atoms with Crippen LogP contribution in [0.25, 0.3) is 0 Å². The Hall–Kier alpha value is -2.14. The lowest BCUT2D eigenvalue weighted by atomic mass is 10.3. The van der Waals surface area contributed by atoms with E-state index in [0.717, 1.165) is 11.8 Å². The van der Waals surface area contributed by atoms with Crippen LogP contribution >= 0.6 is 35.0 Å². The lowest BCUT2D eigenvalue weighted by Crippen LogP contribution is -1.94. The van der Waals surface area contributed by atoms with Crippen LogP contribution in [0.4, 0.5) is 5.69 Å². The molecule has 0 aliphatic carbocycles. The summed E-state index contributed by atoms with van der Waals surface area (Å²) in [5, 5.41) is 11.5. The molecule has 0 atom stereocenters. The second kappa shape index (κ2) is 13.9. The first-order valence-corrected chi connectivity index (χ1v) is 8.63. The van der Waals surface area contributed by atoms with Gasteiger partial charge in [-0.05, 0) is 11.8 Å². The summed E-state index contributed by atoms with van der Waals surface area (Å²) in [5.41, 5.74) is 6.13. The third kappa shape index (κ3) is 7.47. The van der Waals surface area contributed by atoms with Crippen LogP contribution in [0.1, 0.15) is 14.9 Å².